The molecule has 21 heavy (non-hydrogen) atoms. The van der Waals surface area contributed by atoms with Gasteiger partial charge in [0.1, 0.15) is 11.5 Å². The highest BCUT2D eigenvalue weighted by molar-refractivity contribution is 5.76. The van der Waals surface area contributed by atoms with Crippen molar-refractivity contribution in [1.82, 2.24) is 0 Å². The molecular weight excluding hydrogens is 283 g/mol. The third-order valence-corrected chi connectivity index (χ3v) is 3.68. The monoisotopic (exact) mass is 298 g/mol. The van der Waals surface area contributed by atoms with E-state index in [1.165, 1.54) is 0 Å². The normalized spacial score (nSPS) is 17.2. The van der Waals surface area contributed by atoms with E-state index in [9.17, 15) is 24.4 Å². The van der Waals surface area contributed by atoms with Crippen molar-refractivity contribution in [1.29, 1.82) is 0 Å². The Morgan fingerprint density at radius 3 is 2.71 bits per heavy atom. The number of aliphatic carboxylic acids is 1. The average Bonchev–Trinajstić information content (AvgIpc) is 2.45. The van der Waals surface area contributed by atoms with Gasteiger partial charge in [0.25, 0.3) is 5.69 Å². The lowest BCUT2D eigenvalue weighted by atomic mass is 9.80. The number of carbonyl (C=O) groups is 1. The molecule has 0 spiro atoms. The maximum atomic E-state index is 13.2. The highest BCUT2D eigenvalue weighted by atomic mass is 19.1. The van der Waals surface area contributed by atoms with Gasteiger partial charge >= 0.3 is 5.97 Å². The number of carboxylic acids is 1. The van der Waals surface area contributed by atoms with Gasteiger partial charge in [-0.3, -0.25) is 14.9 Å². The number of anilines is 1. The highest BCUT2D eigenvalue weighted by Crippen LogP contribution is 2.33. The Balaban J connectivity index is 2.19. The van der Waals surface area contributed by atoms with Crippen LogP contribution in [0.15, 0.2) is 18.2 Å². The fourth-order valence-corrected chi connectivity index (χ4v) is 2.30. The van der Waals surface area contributed by atoms with Crippen molar-refractivity contribution in [3.05, 3.63) is 34.1 Å². The summed E-state index contributed by atoms with van der Waals surface area (Å²) in [5.74, 6) is -1.61. The minimum Gasteiger partial charge on any atom is -0.481 e. The predicted molar refractivity (Wildman–Crippen MR) is 71.7 cm³/mol. The van der Waals surface area contributed by atoms with E-state index in [0.717, 1.165) is 18.2 Å². The zero-order valence-corrected chi connectivity index (χ0v) is 11.2. The van der Waals surface area contributed by atoms with Gasteiger partial charge in [-0.1, -0.05) is 0 Å². The van der Waals surface area contributed by atoms with Crippen molar-refractivity contribution in [2.24, 2.45) is 5.41 Å². The molecule has 1 aliphatic rings. The van der Waals surface area contributed by atoms with Crippen LogP contribution in [0.25, 0.3) is 0 Å². The average molecular weight is 298 g/mol. The molecule has 2 N–H and O–H groups in total. The zero-order valence-electron chi connectivity index (χ0n) is 11.2. The molecule has 8 heteroatoms. The topological polar surface area (TPSA) is 102 Å². The van der Waals surface area contributed by atoms with Gasteiger partial charge < -0.3 is 15.2 Å². The molecule has 0 saturated carbocycles. The second kappa shape index (κ2) is 6.04. The number of hydrogen-bond acceptors (Lipinski definition) is 5. The first-order valence-corrected chi connectivity index (χ1v) is 6.44. The maximum Gasteiger partial charge on any atom is 0.311 e. The van der Waals surface area contributed by atoms with Gasteiger partial charge in [0.05, 0.1) is 10.3 Å². The fourth-order valence-electron chi connectivity index (χ4n) is 2.30. The summed E-state index contributed by atoms with van der Waals surface area (Å²) in [6.07, 6.45) is 0.608. The van der Waals surface area contributed by atoms with Crippen LogP contribution in [0.2, 0.25) is 0 Å². The first-order chi connectivity index (χ1) is 9.94. The molecule has 0 atom stereocenters. The largest absolute Gasteiger partial charge is 0.481 e. The van der Waals surface area contributed by atoms with Gasteiger partial charge in [-0.05, 0) is 18.9 Å². The van der Waals surface area contributed by atoms with Gasteiger partial charge in [-0.2, -0.15) is 0 Å². The summed E-state index contributed by atoms with van der Waals surface area (Å²) in [5.41, 5.74) is -1.37. The molecule has 1 fully saturated rings. The summed E-state index contributed by atoms with van der Waals surface area (Å²) < 4.78 is 18.4. The number of ether oxygens (including phenoxy) is 1. The van der Waals surface area contributed by atoms with E-state index in [0.29, 0.717) is 26.1 Å². The van der Waals surface area contributed by atoms with E-state index in [-0.39, 0.29) is 17.9 Å². The molecule has 0 aromatic heterocycles. The Bertz CT molecular complexity index is 557. The van der Waals surface area contributed by atoms with Crippen LogP contribution in [-0.4, -0.2) is 35.8 Å². The second-order valence-electron chi connectivity index (χ2n) is 4.97. The number of nitrogens with one attached hydrogen (secondary N) is 1. The standard InChI is InChI=1S/C13H15FN2O5/c14-9-1-2-11(16(19)20)10(7-9)15-8-13(12(17)18)3-5-21-6-4-13/h1-2,7,15H,3-6,8H2,(H,17,18). The molecule has 0 aliphatic carbocycles. The number of nitro groups is 1. The van der Waals surface area contributed by atoms with Gasteiger partial charge in [-0.15, -0.1) is 0 Å². The maximum absolute atomic E-state index is 13.2. The number of halogens is 1. The molecule has 2 rings (SSSR count). The van der Waals surface area contributed by atoms with E-state index in [2.05, 4.69) is 5.32 Å². The van der Waals surface area contributed by atoms with Crippen molar-refractivity contribution in [3.8, 4) is 0 Å². The molecular formula is C13H15FN2O5. The summed E-state index contributed by atoms with van der Waals surface area (Å²) in [6, 6.07) is 3.03. The lowest BCUT2D eigenvalue weighted by Crippen LogP contribution is -2.42. The summed E-state index contributed by atoms with van der Waals surface area (Å²) in [7, 11) is 0. The molecule has 1 aromatic carbocycles. The van der Waals surface area contributed by atoms with Crippen LogP contribution >= 0.6 is 0 Å². The minimum atomic E-state index is -1.06. The van der Waals surface area contributed by atoms with Crippen molar-refractivity contribution >= 4 is 17.3 Å². The quantitative estimate of drug-likeness (QED) is 0.637. The molecule has 7 nitrogen and oxygen atoms in total. The highest BCUT2D eigenvalue weighted by Gasteiger charge is 2.40. The van der Waals surface area contributed by atoms with Gasteiger partial charge in [0, 0.05) is 31.9 Å². The first kappa shape index (κ1) is 15.2. The third-order valence-electron chi connectivity index (χ3n) is 3.68. The van der Waals surface area contributed by atoms with Crippen LogP contribution in [0.5, 0.6) is 0 Å². The summed E-state index contributed by atoms with van der Waals surface area (Å²) >= 11 is 0. The van der Waals surface area contributed by atoms with Crippen LogP contribution in [0.3, 0.4) is 0 Å². The molecule has 1 aliphatic heterocycles. The van der Waals surface area contributed by atoms with Crippen molar-refractivity contribution < 1.29 is 24.0 Å². The molecule has 0 bridgehead atoms. The molecule has 0 radical (unpaired) electrons. The van der Waals surface area contributed by atoms with Gasteiger partial charge in [-0.25, -0.2) is 4.39 Å². The predicted octanol–water partition coefficient (Wildman–Crippen LogP) is 2.03. The number of hydrogen-bond donors (Lipinski definition) is 2. The summed E-state index contributed by atoms with van der Waals surface area (Å²) in [6.45, 7) is 0.619. The molecule has 1 heterocycles. The van der Waals surface area contributed by atoms with E-state index in [1.807, 2.05) is 0 Å². The minimum absolute atomic E-state index is 0.0179. The Morgan fingerprint density at radius 2 is 2.14 bits per heavy atom. The fraction of sp³-hybridized carbons (Fsp3) is 0.462. The molecule has 1 aromatic rings. The molecule has 0 unspecified atom stereocenters. The van der Waals surface area contributed by atoms with E-state index >= 15 is 0 Å². The lowest BCUT2D eigenvalue weighted by molar-refractivity contribution is -0.384. The number of rotatable bonds is 5. The van der Waals surface area contributed by atoms with Crippen LogP contribution in [-0.2, 0) is 9.53 Å². The summed E-state index contributed by atoms with van der Waals surface area (Å²) in [4.78, 5) is 21.7. The van der Waals surface area contributed by atoms with Crippen molar-refractivity contribution in [2.45, 2.75) is 12.8 Å². The number of nitro benzene ring substituents is 1. The Kier molecular flexibility index (Phi) is 4.37. The zero-order chi connectivity index (χ0) is 15.5. The SMILES string of the molecule is O=C(O)C1(CNc2cc(F)ccc2[N+](=O)[O-])CCOCC1. The number of carboxylic acid groups (broad SMARTS) is 1. The van der Waals surface area contributed by atoms with Gasteiger partial charge in [0.15, 0.2) is 0 Å². The lowest BCUT2D eigenvalue weighted by Gasteiger charge is -2.33. The van der Waals surface area contributed by atoms with E-state index in [4.69, 9.17) is 4.74 Å². The third kappa shape index (κ3) is 3.27. The first-order valence-electron chi connectivity index (χ1n) is 6.44. The van der Waals surface area contributed by atoms with Crippen molar-refractivity contribution in [2.75, 3.05) is 25.1 Å². The smallest absolute Gasteiger partial charge is 0.311 e. The second-order valence-corrected chi connectivity index (χ2v) is 4.97. The van der Waals surface area contributed by atoms with E-state index < -0.39 is 22.1 Å². The Labute approximate surface area is 119 Å². The molecule has 0 amide bonds. The number of nitrogens with zero attached hydrogens (tertiary/aromatic N) is 1. The van der Waals surface area contributed by atoms with E-state index in [1.54, 1.807) is 0 Å². The molecule has 1 saturated heterocycles. The summed E-state index contributed by atoms with van der Waals surface area (Å²) in [5, 5.41) is 23.0. The van der Waals surface area contributed by atoms with Crippen LogP contribution in [0.1, 0.15) is 12.8 Å². The Hall–Kier alpha value is -2.22. The van der Waals surface area contributed by atoms with Crippen LogP contribution in [0.4, 0.5) is 15.8 Å². The number of benzene rings is 1. The van der Waals surface area contributed by atoms with Crippen LogP contribution in [0, 0.1) is 21.3 Å². The molecule has 114 valence electrons. The van der Waals surface area contributed by atoms with Crippen LogP contribution < -0.4 is 5.32 Å². The van der Waals surface area contributed by atoms with Crippen molar-refractivity contribution in [3.63, 3.8) is 0 Å². The Morgan fingerprint density at radius 1 is 1.48 bits per heavy atom. The van der Waals surface area contributed by atoms with Gasteiger partial charge in [0.2, 0.25) is 0 Å².